The Morgan fingerprint density at radius 2 is 1.59 bits per heavy atom. The Morgan fingerprint density at radius 1 is 0.931 bits per heavy atom. The van der Waals surface area contributed by atoms with Crippen LogP contribution in [0.1, 0.15) is 6.92 Å². The summed E-state index contributed by atoms with van der Waals surface area (Å²) in [7, 11) is 3.43. The van der Waals surface area contributed by atoms with Gasteiger partial charge in [-0.3, -0.25) is 9.59 Å². The zero-order valence-corrected chi connectivity index (χ0v) is 16.9. The molecule has 0 radical (unpaired) electrons. The number of hydrogen-bond donors (Lipinski definition) is 3. The van der Waals surface area contributed by atoms with Crippen molar-refractivity contribution >= 4 is 34.0 Å². The predicted molar refractivity (Wildman–Crippen MR) is 115 cm³/mol. The van der Waals surface area contributed by atoms with Gasteiger partial charge in [-0.2, -0.15) is 0 Å². The Labute approximate surface area is 170 Å². The number of amides is 2. The highest BCUT2D eigenvalue weighted by Gasteiger charge is 2.24. The summed E-state index contributed by atoms with van der Waals surface area (Å²) in [5.74, 6) is 0.442. The van der Waals surface area contributed by atoms with Crippen molar-refractivity contribution in [3.05, 3.63) is 66.7 Å². The molecule has 2 atom stereocenters. The lowest BCUT2D eigenvalue weighted by atomic mass is 10.1. The van der Waals surface area contributed by atoms with E-state index < -0.39 is 0 Å². The van der Waals surface area contributed by atoms with E-state index in [0.717, 1.165) is 27.1 Å². The summed E-state index contributed by atoms with van der Waals surface area (Å²) in [6.07, 6.45) is 0. The second-order valence-corrected chi connectivity index (χ2v) is 7.07. The molecule has 3 aromatic carbocycles. The van der Waals surface area contributed by atoms with Crippen molar-refractivity contribution in [2.45, 2.75) is 13.0 Å². The molecular weight excluding hydrogens is 366 g/mol. The van der Waals surface area contributed by atoms with E-state index >= 15 is 0 Å². The number of quaternary nitrogens is 1. The Morgan fingerprint density at radius 3 is 2.28 bits per heavy atom. The fourth-order valence-electron chi connectivity index (χ4n) is 3.03. The highest BCUT2D eigenvalue weighted by atomic mass is 16.5. The number of rotatable bonds is 7. The number of nitrogens with one attached hydrogen (secondary N) is 3. The average molecular weight is 392 g/mol. The molecule has 1 unspecified atom stereocenters. The first-order valence-corrected chi connectivity index (χ1v) is 9.52. The maximum Gasteiger partial charge on any atom is 0.282 e. The van der Waals surface area contributed by atoms with Gasteiger partial charge in [-0.1, -0.05) is 30.3 Å². The fraction of sp³-hybridized carbons (Fsp3) is 0.217. The van der Waals surface area contributed by atoms with Gasteiger partial charge in [0.05, 0.1) is 14.2 Å². The number of methoxy groups -OCH3 is 1. The van der Waals surface area contributed by atoms with Crippen molar-refractivity contribution in [2.24, 2.45) is 0 Å². The van der Waals surface area contributed by atoms with Crippen LogP contribution in [0.3, 0.4) is 0 Å². The van der Waals surface area contributed by atoms with Crippen molar-refractivity contribution in [3.8, 4) is 5.75 Å². The van der Waals surface area contributed by atoms with Crippen molar-refractivity contribution in [2.75, 3.05) is 31.3 Å². The Hall–Kier alpha value is -3.38. The lowest BCUT2D eigenvalue weighted by Gasteiger charge is -2.20. The maximum absolute atomic E-state index is 12.6. The number of anilines is 2. The van der Waals surface area contributed by atoms with Crippen LogP contribution in [-0.2, 0) is 9.59 Å². The number of hydrogen-bond acceptors (Lipinski definition) is 3. The first kappa shape index (κ1) is 20.4. The average Bonchev–Trinajstić information content (AvgIpc) is 2.73. The Balaban J connectivity index is 1.55. The van der Waals surface area contributed by atoms with Gasteiger partial charge in [0.1, 0.15) is 5.75 Å². The molecule has 0 bridgehead atoms. The van der Waals surface area contributed by atoms with E-state index in [1.54, 1.807) is 31.4 Å². The van der Waals surface area contributed by atoms with Crippen LogP contribution in [0.4, 0.5) is 11.4 Å². The second kappa shape index (κ2) is 9.21. The van der Waals surface area contributed by atoms with Crippen LogP contribution in [-0.4, -0.2) is 38.6 Å². The lowest BCUT2D eigenvalue weighted by molar-refractivity contribution is -0.885. The van der Waals surface area contributed by atoms with Crippen LogP contribution in [0.2, 0.25) is 0 Å². The third-order valence-electron chi connectivity index (χ3n) is 4.96. The van der Waals surface area contributed by atoms with E-state index in [2.05, 4.69) is 10.6 Å². The SMILES string of the molecule is COc1ccc(NC(=O)C[NH+](C)[C@H](C)C(=O)Nc2ccc3ccccc3c2)cc1. The van der Waals surface area contributed by atoms with Crippen LogP contribution in [0.25, 0.3) is 10.8 Å². The predicted octanol–water partition coefficient (Wildman–Crippen LogP) is 2.33. The molecular formula is C23H26N3O3+. The van der Waals surface area contributed by atoms with Crippen molar-refractivity contribution < 1.29 is 19.2 Å². The normalized spacial score (nSPS) is 12.8. The van der Waals surface area contributed by atoms with Crippen molar-refractivity contribution in [3.63, 3.8) is 0 Å². The fourth-order valence-corrected chi connectivity index (χ4v) is 3.03. The topological polar surface area (TPSA) is 71.9 Å². The molecule has 0 saturated carbocycles. The zero-order valence-electron chi connectivity index (χ0n) is 16.9. The zero-order chi connectivity index (χ0) is 20.8. The third-order valence-corrected chi connectivity index (χ3v) is 4.96. The summed E-state index contributed by atoms with van der Waals surface area (Å²) in [4.78, 5) is 25.7. The minimum absolute atomic E-state index is 0.130. The van der Waals surface area contributed by atoms with E-state index in [4.69, 9.17) is 4.74 Å². The molecule has 6 heteroatoms. The van der Waals surface area contributed by atoms with E-state index in [9.17, 15) is 9.59 Å². The molecule has 150 valence electrons. The van der Waals surface area contributed by atoms with Gasteiger partial charge < -0.3 is 20.3 Å². The summed E-state index contributed by atoms with van der Waals surface area (Å²) in [6.45, 7) is 1.99. The summed E-state index contributed by atoms with van der Waals surface area (Å²) in [6, 6.07) is 20.6. The quantitative estimate of drug-likeness (QED) is 0.578. The van der Waals surface area contributed by atoms with Gasteiger partial charge in [0.2, 0.25) is 0 Å². The summed E-state index contributed by atoms with van der Waals surface area (Å²) in [5, 5.41) is 7.97. The largest absolute Gasteiger partial charge is 0.497 e. The first-order chi connectivity index (χ1) is 14.0. The highest BCUT2D eigenvalue weighted by molar-refractivity contribution is 5.96. The molecule has 0 saturated heterocycles. The molecule has 0 heterocycles. The van der Waals surface area contributed by atoms with Crippen LogP contribution < -0.4 is 20.3 Å². The first-order valence-electron chi connectivity index (χ1n) is 9.52. The van der Waals surface area contributed by atoms with Crippen LogP contribution in [0.5, 0.6) is 5.75 Å². The molecule has 6 nitrogen and oxygen atoms in total. The molecule has 0 aromatic heterocycles. The summed E-state index contributed by atoms with van der Waals surface area (Å²) >= 11 is 0. The molecule has 0 aliphatic carbocycles. The van der Waals surface area contributed by atoms with Crippen LogP contribution in [0, 0.1) is 0 Å². The number of benzene rings is 3. The van der Waals surface area contributed by atoms with Crippen molar-refractivity contribution in [1.82, 2.24) is 0 Å². The lowest BCUT2D eigenvalue weighted by Crippen LogP contribution is -3.14. The smallest absolute Gasteiger partial charge is 0.282 e. The van der Waals surface area contributed by atoms with Crippen molar-refractivity contribution in [1.29, 1.82) is 0 Å². The standard InChI is InChI=1S/C23H25N3O3/c1-16(23(28)25-20-9-8-17-6-4-5-7-18(17)14-20)26(2)15-22(27)24-19-10-12-21(29-3)13-11-19/h4-14,16H,15H2,1-3H3,(H,24,27)(H,25,28)/p+1/t16-/m1/s1. The number of likely N-dealkylation sites (N-methyl/N-ethyl adjacent to an activating group) is 1. The highest BCUT2D eigenvalue weighted by Crippen LogP contribution is 2.19. The van der Waals surface area contributed by atoms with Gasteiger partial charge in [0, 0.05) is 11.4 Å². The number of ether oxygens (including phenoxy) is 1. The van der Waals surface area contributed by atoms with Crippen LogP contribution >= 0.6 is 0 Å². The van der Waals surface area contributed by atoms with Gasteiger partial charge in [0.15, 0.2) is 12.6 Å². The molecule has 0 spiro atoms. The monoisotopic (exact) mass is 392 g/mol. The van der Waals surface area contributed by atoms with Gasteiger partial charge in [-0.15, -0.1) is 0 Å². The summed E-state index contributed by atoms with van der Waals surface area (Å²) in [5.41, 5.74) is 1.44. The Bertz CT molecular complexity index is 1000. The van der Waals surface area contributed by atoms with Crippen LogP contribution in [0.15, 0.2) is 66.7 Å². The van der Waals surface area contributed by atoms with E-state index in [1.165, 1.54) is 0 Å². The molecule has 3 aromatic rings. The maximum atomic E-state index is 12.6. The molecule has 3 rings (SSSR count). The van der Waals surface area contributed by atoms with Gasteiger partial charge in [-0.05, 0) is 54.1 Å². The Kier molecular flexibility index (Phi) is 6.46. The second-order valence-electron chi connectivity index (χ2n) is 7.07. The van der Waals surface area contributed by atoms with Gasteiger partial charge >= 0.3 is 0 Å². The number of carbonyl (C=O) groups excluding carboxylic acids is 2. The molecule has 0 fully saturated rings. The minimum Gasteiger partial charge on any atom is -0.497 e. The number of fused-ring (bicyclic) bond motifs is 1. The molecule has 2 amide bonds. The minimum atomic E-state index is -0.386. The number of carbonyl (C=O) groups is 2. The molecule has 29 heavy (non-hydrogen) atoms. The molecule has 3 N–H and O–H groups in total. The third kappa shape index (κ3) is 5.33. The van der Waals surface area contributed by atoms with E-state index in [0.29, 0.717) is 5.69 Å². The molecule has 0 aliphatic rings. The molecule has 0 aliphatic heterocycles. The van der Waals surface area contributed by atoms with E-state index in [1.807, 2.05) is 56.4 Å². The van der Waals surface area contributed by atoms with E-state index in [-0.39, 0.29) is 24.4 Å². The summed E-state index contributed by atoms with van der Waals surface area (Å²) < 4.78 is 5.11. The van der Waals surface area contributed by atoms with Gasteiger partial charge in [0.25, 0.3) is 11.8 Å². The van der Waals surface area contributed by atoms with Gasteiger partial charge in [-0.25, -0.2) is 0 Å².